The van der Waals surface area contributed by atoms with Crippen molar-refractivity contribution in [3.05, 3.63) is 49.6 Å². The summed E-state index contributed by atoms with van der Waals surface area (Å²) in [6, 6.07) is 9.66. The van der Waals surface area contributed by atoms with Crippen LogP contribution < -0.4 is 4.90 Å². The molecule has 0 fully saturated rings. The highest BCUT2D eigenvalue weighted by Crippen LogP contribution is 2.28. The minimum Gasteiger partial charge on any atom is -0.369 e. The molecule has 0 atom stereocenters. The first-order valence-corrected chi connectivity index (χ1v) is 7.72. The van der Waals surface area contributed by atoms with Gasteiger partial charge in [0.05, 0.1) is 10.9 Å². The molecule has 0 saturated heterocycles. The Morgan fingerprint density at radius 2 is 2.11 bits per heavy atom. The molecule has 0 bridgehead atoms. The van der Waals surface area contributed by atoms with Crippen molar-refractivity contribution in [3.63, 3.8) is 0 Å². The summed E-state index contributed by atoms with van der Waals surface area (Å²) in [6.07, 6.45) is 0. The maximum absolute atomic E-state index is 11.7. The average molecular weight is 359 g/mol. The van der Waals surface area contributed by atoms with Crippen LogP contribution in [0.4, 0.5) is 5.69 Å². The molecule has 2 rings (SSSR count). The number of thiophene rings is 1. The molecule has 0 aliphatic carbocycles. The van der Waals surface area contributed by atoms with Gasteiger partial charge in [0, 0.05) is 27.6 Å². The Labute approximate surface area is 130 Å². The van der Waals surface area contributed by atoms with E-state index in [1.54, 1.807) is 18.3 Å². The summed E-state index contributed by atoms with van der Waals surface area (Å²) in [7, 11) is 1.98. The highest BCUT2D eigenvalue weighted by molar-refractivity contribution is 9.10. The topological polar surface area (TPSA) is 20.3 Å². The van der Waals surface area contributed by atoms with Gasteiger partial charge in [0.15, 0.2) is 5.78 Å². The number of hydrogen-bond acceptors (Lipinski definition) is 3. The van der Waals surface area contributed by atoms with Crippen LogP contribution in [0.25, 0.3) is 0 Å². The number of carbonyl (C=O) groups excluding carboxylic acids is 1. The van der Waals surface area contributed by atoms with Crippen LogP contribution in [0.1, 0.15) is 22.2 Å². The summed E-state index contributed by atoms with van der Waals surface area (Å²) in [5.41, 5.74) is 1.65. The zero-order valence-electron chi connectivity index (χ0n) is 10.6. The lowest BCUT2D eigenvalue weighted by molar-refractivity contribution is 0.101. The fourth-order valence-corrected chi connectivity index (χ4v) is 3.38. The summed E-state index contributed by atoms with van der Waals surface area (Å²) in [6.45, 7) is 2.32. The van der Waals surface area contributed by atoms with E-state index < -0.39 is 0 Å². The highest BCUT2D eigenvalue weighted by atomic mass is 79.9. The van der Waals surface area contributed by atoms with Gasteiger partial charge in [0.25, 0.3) is 0 Å². The van der Waals surface area contributed by atoms with Gasteiger partial charge in [-0.3, -0.25) is 4.79 Å². The standard InChI is InChI=1S/C14H13BrClNOS/c1-9(18)12-7-10(15)3-5-13(12)17(2)8-11-4-6-14(16)19-11/h3-7H,8H2,1-2H3. The Kier molecular flexibility index (Phi) is 4.66. The molecule has 100 valence electrons. The molecule has 0 N–H and O–H groups in total. The van der Waals surface area contributed by atoms with Gasteiger partial charge in [0.1, 0.15) is 0 Å². The molecule has 2 nitrogen and oxygen atoms in total. The van der Waals surface area contributed by atoms with Gasteiger partial charge in [-0.1, -0.05) is 27.5 Å². The van der Waals surface area contributed by atoms with Crippen LogP contribution in [0.5, 0.6) is 0 Å². The Balaban J connectivity index is 2.28. The molecule has 2 aromatic rings. The molecule has 0 spiro atoms. The number of hydrogen-bond donors (Lipinski definition) is 0. The van der Waals surface area contributed by atoms with Crippen molar-refractivity contribution in [1.29, 1.82) is 0 Å². The molecule has 0 aliphatic rings. The smallest absolute Gasteiger partial charge is 0.161 e. The van der Waals surface area contributed by atoms with E-state index in [-0.39, 0.29) is 5.78 Å². The molecule has 1 aromatic heterocycles. The van der Waals surface area contributed by atoms with E-state index in [9.17, 15) is 4.79 Å². The van der Waals surface area contributed by atoms with Gasteiger partial charge in [-0.2, -0.15) is 0 Å². The van der Waals surface area contributed by atoms with E-state index >= 15 is 0 Å². The third kappa shape index (κ3) is 3.59. The molecule has 0 unspecified atom stereocenters. The van der Waals surface area contributed by atoms with Crippen LogP contribution in [0.15, 0.2) is 34.8 Å². The molecule has 0 aliphatic heterocycles. The summed E-state index contributed by atoms with van der Waals surface area (Å²) in [5, 5.41) is 0. The normalized spacial score (nSPS) is 10.5. The van der Waals surface area contributed by atoms with Crippen molar-refractivity contribution in [2.24, 2.45) is 0 Å². The Morgan fingerprint density at radius 1 is 1.37 bits per heavy atom. The fourth-order valence-electron chi connectivity index (χ4n) is 1.88. The average Bonchev–Trinajstić information content (AvgIpc) is 2.74. The van der Waals surface area contributed by atoms with Crippen molar-refractivity contribution in [1.82, 2.24) is 0 Å². The van der Waals surface area contributed by atoms with Gasteiger partial charge in [0.2, 0.25) is 0 Å². The van der Waals surface area contributed by atoms with E-state index in [1.165, 1.54) is 4.88 Å². The number of Topliss-reactive ketones (excluding diaryl/α,β-unsaturated/α-hetero) is 1. The molecule has 5 heteroatoms. The predicted molar refractivity (Wildman–Crippen MR) is 85.6 cm³/mol. The highest BCUT2D eigenvalue weighted by Gasteiger charge is 2.12. The molecular weight excluding hydrogens is 346 g/mol. The number of rotatable bonds is 4. The Bertz CT molecular complexity index is 611. The summed E-state index contributed by atoms with van der Waals surface area (Å²) in [4.78, 5) is 14.9. The van der Waals surface area contributed by atoms with Gasteiger partial charge >= 0.3 is 0 Å². The number of carbonyl (C=O) groups is 1. The maximum Gasteiger partial charge on any atom is 0.161 e. The Hall–Kier alpha value is -0.840. The van der Waals surface area contributed by atoms with E-state index in [1.807, 2.05) is 37.4 Å². The molecule has 19 heavy (non-hydrogen) atoms. The SMILES string of the molecule is CC(=O)c1cc(Br)ccc1N(C)Cc1ccc(Cl)s1. The first kappa shape index (κ1) is 14.6. The quantitative estimate of drug-likeness (QED) is 0.717. The number of benzene rings is 1. The number of halogens is 2. The molecular formula is C14H13BrClNOS. The monoisotopic (exact) mass is 357 g/mol. The third-order valence-electron chi connectivity index (χ3n) is 2.77. The van der Waals surface area contributed by atoms with Crippen LogP contribution in [0.2, 0.25) is 4.34 Å². The molecule has 0 radical (unpaired) electrons. The number of nitrogens with zero attached hydrogens (tertiary/aromatic N) is 1. The van der Waals surface area contributed by atoms with E-state index in [0.717, 1.165) is 26.6 Å². The zero-order valence-corrected chi connectivity index (χ0v) is 13.8. The largest absolute Gasteiger partial charge is 0.369 e. The van der Waals surface area contributed by atoms with Crippen molar-refractivity contribution in [2.45, 2.75) is 13.5 Å². The van der Waals surface area contributed by atoms with Crippen molar-refractivity contribution < 1.29 is 4.79 Å². The van der Waals surface area contributed by atoms with Crippen molar-refractivity contribution in [3.8, 4) is 0 Å². The lowest BCUT2D eigenvalue weighted by atomic mass is 10.1. The van der Waals surface area contributed by atoms with Gasteiger partial charge < -0.3 is 4.90 Å². The lowest BCUT2D eigenvalue weighted by Crippen LogP contribution is -2.18. The predicted octanol–water partition coefficient (Wildman–Crippen LogP) is 5.00. The molecule has 0 amide bonds. The number of anilines is 1. The van der Waals surface area contributed by atoms with Crippen LogP contribution in [-0.4, -0.2) is 12.8 Å². The zero-order chi connectivity index (χ0) is 14.0. The second-order valence-corrected chi connectivity index (χ2v) is 6.99. The lowest BCUT2D eigenvalue weighted by Gasteiger charge is -2.21. The van der Waals surface area contributed by atoms with Gasteiger partial charge in [-0.15, -0.1) is 11.3 Å². The minimum absolute atomic E-state index is 0.0624. The Morgan fingerprint density at radius 3 is 2.68 bits per heavy atom. The fraction of sp³-hybridized carbons (Fsp3) is 0.214. The van der Waals surface area contributed by atoms with Crippen molar-refractivity contribution in [2.75, 3.05) is 11.9 Å². The third-order valence-corrected chi connectivity index (χ3v) is 4.48. The summed E-state index contributed by atoms with van der Waals surface area (Å²) < 4.78 is 1.69. The second kappa shape index (κ2) is 6.07. The molecule has 0 saturated carbocycles. The number of ketones is 1. The van der Waals surface area contributed by atoms with E-state index in [4.69, 9.17) is 11.6 Å². The molecule has 1 heterocycles. The first-order valence-electron chi connectivity index (χ1n) is 5.73. The van der Waals surface area contributed by atoms with Crippen LogP contribution >= 0.6 is 38.9 Å². The first-order chi connectivity index (χ1) is 8.97. The van der Waals surface area contributed by atoms with E-state index in [2.05, 4.69) is 20.8 Å². The van der Waals surface area contributed by atoms with Gasteiger partial charge in [-0.05, 0) is 37.3 Å². The summed E-state index contributed by atoms with van der Waals surface area (Å²) in [5.74, 6) is 0.0624. The molecule has 1 aromatic carbocycles. The van der Waals surface area contributed by atoms with Gasteiger partial charge in [-0.25, -0.2) is 0 Å². The minimum atomic E-state index is 0.0624. The van der Waals surface area contributed by atoms with Crippen LogP contribution in [0, 0.1) is 0 Å². The van der Waals surface area contributed by atoms with Crippen LogP contribution in [0.3, 0.4) is 0 Å². The second-order valence-electron chi connectivity index (χ2n) is 4.28. The van der Waals surface area contributed by atoms with E-state index in [0.29, 0.717) is 0 Å². The maximum atomic E-state index is 11.7. The van der Waals surface area contributed by atoms with Crippen LogP contribution in [-0.2, 0) is 6.54 Å². The van der Waals surface area contributed by atoms with Crippen molar-refractivity contribution >= 4 is 50.3 Å². The summed E-state index contributed by atoms with van der Waals surface area (Å²) >= 11 is 10.9.